The minimum atomic E-state index is -3.01. The molecule has 1 aromatic carbocycles. The first kappa shape index (κ1) is 24.7. The largest absolute Gasteiger partial charge is 0.433 e. The minimum absolute atomic E-state index is 0.0131. The van der Waals surface area contributed by atoms with Gasteiger partial charge < -0.3 is 10.1 Å². The van der Waals surface area contributed by atoms with E-state index in [1.807, 2.05) is 19.9 Å². The van der Waals surface area contributed by atoms with E-state index in [4.69, 9.17) is 4.74 Å². The highest BCUT2D eigenvalue weighted by Gasteiger charge is 2.26. The van der Waals surface area contributed by atoms with Gasteiger partial charge in [-0.1, -0.05) is 46.1 Å². The fraction of sp³-hybridized carbons (Fsp3) is 0.560. The van der Waals surface area contributed by atoms with E-state index in [1.165, 1.54) is 4.57 Å². The van der Waals surface area contributed by atoms with Crippen molar-refractivity contribution in [3.63, 3.8) is 0 Å². The van der Waals surface area contributed by atoms with Crippen molar-refractivity contribution < 1.29 is 18.3 Å². The number of alkyl halides is 2. The van der Waals surface area contributed by atoms with E-state index in [0.29, 0.717) is 31.1 Å². The van der Waals surface area contributed by atoms with Crippen LogP contribution in [0.4, 0.5) is 8.78 Å². The van der Waals surface area contributed by atoms with Crippen LogP contribution in [0.2, 0.25) is 0 Å². The van der Waals surface area contributed by atoms with Crippen molar-refractivity contribution in [3.8, 4) is 17.5 Å². The zero-order valence-electron chi connectivity index (χ0n) is 19.5. The second-order valence-electron chi connectivity index (χ2n) is 8.79. The number of amides is 1. The van der Waals surface area contributed by atoms with Crippen molar-refractivity contribution in [3.05, 3.63) is 41.0 Å². The summed E-state index contributed by atoms with van der Waals surface area (Å²) in [5.41, 5.74) is 1.16. The summed E-state index contributed by atoms with van der Waals surface area (Å²) in [5, 5.41) is 12.8. The molecule has 1 aliphatic carbocycles. The maximum atomic E-state index is 13.2. The number of carbonyl (C=O) groups excluding carboxylic acids is 1. The standard InChI is InChI=1S/C25H32F2N4O2/c1-4-6-17-11-12-19(21(13-17)33-25(26)27)31-20(14-28)23(30-22(31)5-2)24(32)29-15-18-9-7-16(3)8-10-18/h11-13,16,18,25H,4-10,15H2,1-3H3,(H,29,32). The Morgan fingerprint density at radius 1 is 1.30 bits per heavy atom. The summed E-state index contributed by atoms with van der Waals surface area (Å²) in [6.45, 7) is 3.60. The molecular formula is C25H32F2N4O2. The van der Waals surface area contributed by atoms with E-state index >= 15 is 0 Å². The van der Waals surface area contributed by atoms with Crippen LogP contribution in [0.1, 0.15) is 80.4 Å². The smallest absolute Gasteiger partial charge is 0.387 e. The maximum Gasteiger partial charge on any atom is 0.387 e. The monoisotopic (exact) mass is 458 g/mol. The van der Waals surface area contributed by atoms with Crippen LogP contribution in [-0.4, -0.2) is 28.6 Å². The summed E-state index contributed by atoms with van der Waals surface area (Å²) in [4.78, 5) is 17.4. The van der Waals surface area contributed by atoms with Crippen molar-refractivity contribution in [2.45, 2.75) is 72.3 Å². The van der Waals surface area contributed by atoms with Crippen molar-refractivity contribution in [2.24, 2.45) is 11.8 Å². The highest BCUT2D eigenvalue weighted by Crippen LogP contribution is 2.31. The Hall–Kier alpha value is -2.95. The van der Waals surface area contributed by atoms with Gasteiger partial charge in [-0.25, -0.2) is 4.98 Å². The lowest BCUT2D eigenvalue weighted by molar-refractivity contribution is -0.0499. The third kappa shape index (κ3) is 5.89. The highest BCUT2D eigenvalue weighted by atomic mass is 19.3. The Labute approximate surface area is 194 Å². The zero-order chi connectivity index (χ0) is 24.0. The first-order chi connectivity index (χ1) is 15.9. The molecule has 0 aliphatic heterocycles. The molecule has 1 N–H and O–H groups in total. The third-order valence-electron chi connectivity index (χ3n) is 6.29. The number of rotatable bonds is 9. The summed E-state index contributed by atoms with van der Waals surface area (Å²) in [7, 11) is 0. The van der Waals surface area contributed by atoms with Crippen LogP contribution in [0.3, 0.4) is 0 Å². The first-order valence-corrected chi connectivity index (χ1v) is 11.8. The van der Waals surface area contributed by atoms with E-state index < -0.39 is 12.5 Å². The van der Waals surface area contributed by atoms with Gasteiger partial charge in [-0.15, -0.1) is 0 Å². The molecule has 1 heterocycles. The molecule has 8 heteroatoms. The van der Waals surface area contributed by atoms with E-state index in [1.54, 1.807) is 12.1 Å². The number of hydrogen-bond acceptors (Lipinski definition) is 4. The molecule has 1 aliphatic rings. The van der Waals surface area contributed by atoms with E-state index in [2.05, 4.69) is 23.3 Å². The predicted octanol–water partition coefficient (Wildman–Crippen LogP) is 5.42. The van der Waals surface area contributed by atoms with Crippen LogP contribution in [-0.2, 0) is 12.8 Å². The minimum Gasteiger partial charge on any atom is -0.433 e. The van der Waals surface area contributed by atoms with Gasteiger partial charge in [0.1, 0.15) is 17.6 Å². The lowest BCUT2D eigenvalue weighted by Gasteiger charge is -2.26. The number of hydrogen-bond donors (Lipinski definition) is 1. The second kappa shape index (κ2) is 11.3. The van der Waals surface area contributed by atoms with Crippen molar-refractivity contribution in [1.82, 2.24) is 14.9 Å². The van der Waals surface area contributed by atoms with Gasteiger partial charge in [0, 0.05) is 13.0 Å². The fourth-order valence-electron chi connectivity index (χ4n) is 4.46. The molecule has 2 aromatic rings. The molecule has 0 unspecified atom stereocenters. The Balaban J connectivity index is 1.94. The molecule has 0 saturated heterocycles. The number of aromatic nitrogens is 2. The number of halogens is 2. The average Bonchev–Trinajstić information content (AvgIpc) is 3.17. The number of ether oxygens (including phenoxy) is 1. The lowest BCUT2D eigenvalue weighted by Crippen LogP contribution is -2.31. The second-order valence-corrected chi connectivity index (χ2v) is 8.79. The normalized spacial score (nSPS) is 18.2. The van der Waals surface area contributed by atoms with Crippen LogP contribution in [0, 0.1) is 23.2 Å². The summed E-state index contributed by atoms with van der Waals surface area (Å²) < 4.78 is 32.6. The molecule has 178 valence electrons. The Bertz CT molecular complexity index is 1000. The summed E-state index contributed by atoms with van der Waals surface area (Å²) in [6, 6.07) is 7.09. The van der Waals surface area contributed by atoms with Crippen LogP contribution >= 0.6 is 0 Å². The first-order valence-electron chi connectivity index (χ1n) is 11.8. The lowest BCUT2D eigenvalue weighted by atomic mass is 9.83. The number of carbonyl (C=O) groups is 1. The molecule has 1 amide bonds. The molecule has 33 heavy (non-hydrogen) atoms. The highest BCUT2D eigenvalue weighted by molar-refractivity contribution is 5.94. The number of nitrogens with one attached hydrogen (secondary N) is 1. The Morgan fingerprint density at radius 3 is 2.64 bits per heavy atom. The molecule has 0 atom stereocenters. The number of aryl methyl sites for hydroxylation is 2. The average molecular weight is 459 g/mol. The number of imidazole rings is 1. The third-order valence-corrected chi connectivity index (χ3v) is 6.29. The fourth-order valence-corrected chi connectivity index (χ4v) is 4.46. The van der Waals surface area contributed by atoms with Gasteiger partial charge in [0.05, 0.1) is 5.69 Å². The van der Waals surface area contributed by atoms with E-state index in [-0.39, 0.29) is 22.8 Å². The quantitative estimate of drug-likeness (QED) is 0.544. The van der Waals surface area contributed by atoms with Crippen molar-refractivity contribution >= 4 is 5.91 Å². The molecule has 6 nitrogen and oxygen atoms in total. The number of benzene rings is 1. The van der Waals surface area contributed by atoms with E-state index in [0.717, 1.165) is 43.6 Å². The number of nitrogens with zero attached hydrogens (tertiary/aromatic N) is 3. The Morgan fingerprint density at radius 2 is 2.03 bits per heavy atom. The molecule has 1 fully saturated rings. The van der Waals surface area contributed by atoms with Gasteiger partial charge in [-0.3, -0.25) is 9.36 Å². The maximum absolute atomic E-state index is 13.2. The van der Waals surface area contributed by atoms with Gasteiger partial charge in [0.2, 0.25) is 0 Å². The predicted molar refractivity (Wildman–Crippen MR) is 122 cm³/mol. The Kier molecular flexibility index (Phi) is 8.43. The van der Waals surface area contributed by atoms with Gasteiger partial charge >= 0.3 is 6.61 Å². The molecule has 3 rings (SSSR count). The molecule has 1 aromatic heterocycles. The topological polar surface area (TPSA) is 79.9 Å². The molecule has 0 radical (unpaired) electrons. The van der Waals surface area contributed by atoms with Gasteiger partial charge in [0.25, 0.3) is 5.91 Å². The van der Waals surface area contributed by atoms with Crippen LogP contribution in [0.5, 0.6) is 5.75 Å². The van der Waals surface area contributed by atoms with Gasteiger partial charge in [0.15, 0.2) is 11.4 Å². The van der Waals surface area contributed by atoms with Crippen LogP contribution in [0.15, 0.2) is 18.2 Å². The van der Waals surface area contributed by atoms with Crippen molar-refractivity contribution in [2.75, 3.05) is 6.54 Å². The number of nitriles is 1. The van der Waals surface area contributed by atoms with Gasteiger partial charge in [-0.05, 0) is 48.8 Å². The van der Waals surface area contributed by atoms with Gasteiger partial charge in [-0.2, -0.15) is 14.0 Å². The summed E-state index contributed by atoms with van der Waals surface area (Å²) in [6.07, 6.45) is 6.42. The zero-order valence-corrected chi connectivity index (χ0v) is 19.5. The SMILES string of the molecule is CCCc1ccc(-n2c(CC)nc(C(=O)NCC3CCC(C)CC3)c2C#N)c(OC(F)F)c1. The van der Waals surface area contributed by atoms with Crippen LogP contribution in [0.25, 0.3) is 5.69 Å². The molecular weight excluding hydrogens is 426 g/mol. The van der Waals surface area contributed by atoms with Crippen molar-refractivity contribution in [1.29, 1.82) is 5.26 Å². The molecule has 1 saturated carbocycles. The van der Waals surface area contributed by atoms with E-state index in [9.17, 15) is 18.8 Å². The molecule has 0 spiro atoms. The summed E-state index contributed by atoms with van der Waals surface area (Å²) >= 11 is 0. The van der Waals surface area contributed by atoms with Crippen LogP contribution < -0.4 is 10.1 Å². The summed E-state index contributed by atoms with van der Waals surface area (Å²) in [5.74, 6) is 1.12. The molecule has 0 bridgehead atoms.